The number of hydrogen-bond acceptors (Lipinski definition) is 4. The normalized spacial score (nSPS) is 31.2. The Bertz CT molecular complexity index is 421. The van der Waals surface area contributed by atoms with E-state index in [0.29, 0.717) is 0 Å². The first kappa shape index (κ1) is 15.5. The van der Waals surface area contributed by atoms with Gasteiger partial charge in [0.05, 0.1) is 26.1 Å². The fourth-order valence-electron chi connectivity index (χ4n) is 2.79. The predicted octanol–water partition coefficient (Wildman–Crippen LogP) is 1.29. The first-order valence-electron chi connectivity index (χ1n) is 7.53. The SMILES string of the molecule is C[S+](Cc1ccccc1)C[Si]12OCCN(CCO1)CCO2. The highest BCUT2D eigenvalue weighted by Crippen LogP contribution is 2.20. The van der Waals surface area contributed by atoms with Gasteiger partial charge in [-0.05, 0) is 10.9 Å². The van der Waals surface area contributed by atoms with Crippen molar-refractivity contribution in [1.29, 1.82) is 0 Å². The van der Waals surface area contributed by atoms with Gasteiger partial charge in [-0.25, -0.2) is 0 Å². The Hall–Kier alpha value is -0.373. The Morgan fingerprint density at radius 3 is 2.14 bits per heavy atom. The molecule has 3 fully saturated rings. The minimum Gasteiger partial charge on any atom is -0.369 e. The number of fused-ring (bicyclic) bond motifs is 6. The largest absolute Gasteiger partial charge is 0.553 e. The van der Waals surface area contributed by atoms with E-state index in [-0.39, 0.29) is 10.9 Å². The molecule has 0 aromatic heterocycles. The first-order valence-corrected chi connectivity index (χ1v) is 11.4. The quantitative estimate of drug-likeness (QED) is 0.616. The van der Waals surface area contributed by atoms with Gasteiger partial charge in [0.15, 0.2) is 5.38 Å². The summed E-state index contributed by atoms with van der Waals surface area (Å²) in [5, 5.41) is 0.946. The van der Waals surface area contributed by atoms with E-state index in [0.717, 1.165) is 50.6 Å². The van der Waals surface area contributed by atoms with Crippen LogP contribution in [0.2, 0.25) is 0 Å². The van der Waals surface area contributed by atoms with Crippen LogP contribution in [0.1, 0.15) is 5.56 Å². The van der Waals surface area contributed by atoms with E-state index >= 15 is 0 Å². The molecule has 4 nitrogen and oxygen atoms in total. The second kappa shape index (κ2) is 7.26. The van der Waals surface area contributed by atoms with Crippen LogP contribution < -0.4 is 0 Å². The van der Waals surface area contributed by atoms with Crippen LogP contribution in [-0.4, -0.2) is 64.8 Å². The van der Waals surface area contributed by atoms with Crippen LogP contribution in [-0.2, 0) is 29.9 Å². The summed E-state index contributed by atoms with van der Waals surface area (Å²) in [6, 6.07) is 10.7. The highest BCUT2D eigenvalue weighted by atomic mass is 32.2. The maximum Gasteiger partial charge on any atom is 0.553 e. The molecule has 0 amide bonds. The van der Waals surface area contributed by atoms with Crippen molar-refractivity contribution in [2.75, 3.05) is 51.1 Å². The lowest BCUT2D eigenvalue weighted by Crippen LogP contribution is -2.58. The van der Waals surface area contributed by atoms with Gasteiger partial charge in [-0.3, -0.25) is 4.90 Å². The van der Waals surface area contributed by atoms with Crippen molar-refractivity contribution in [3.63, 3.8) is 0 Å². The van der Waals surface area contributed by atoms with Crippen LogP contribution in [0.25, 0.3) is 0 Å². The molecule has 3 aliphatic heterocycles. The third-order valence-corrected chi connectivity index (χ3v) is 10.0. The van der Waals surface area contributed by atoms with E-state index in [1.807, 2.05) is 0 Å². The predicted molar refractivity (Wildman–Crippen MR) is 88.4 cm³/mol. The molecule has 3 heterocycles. The molecular formula is C15H24NO3SSi+. The molecule has 0 N–H and O–H groups in total. The zero-order valence-electron chi connectivity index (χ0n) is 12.6. The van der Waals surface area contributed by atoms with Crippen molar-refractivity contribution in [1.82, 2.24) is 4.90 Å². The Balaban J connectivity index is 1.63. The number of rotatable bonds is 4. The van der Waals surface area contributed by atoms with Gasteiger partial charge in [-0.2, -0.15) is 0 Å². The van der Waals surface area contributed by atoms with Crippen molar-refractivity contribution < 1.29 is 13.3 Å². The molecule has 1 aromatic rings. The lowest BCUT2D eigenvalue weighted by Gasteiger charge is -2.37. The van der Waals surface area contributed by atoms with Crippen LogP contribution in [0.4, 0.5) is 0 Å². The van der Waals surface area contributed by atoms with Crippen LogP contribution in [0, 0.1) is 0 Å². The third kappa shape index (κ3) is 4.31. The Kier molecular flexibility index (Phi) is 5.37. The molecule has 1 unspecified atom stereocenters. The van der Waals surface area contributed by atoms with Crippen molar-refractivity contribution in [3.8, 4) is 0 Å². The average Bonchev–Trinajstić information content (AvgIpc) is 2.41. The maximum absolute atomic E-state index is 6.11. The van der Waals surface area contributed by atoms with Gasteiger partial charge < -0.3 is 13.3 Å². The van der Waals surface area contributed by atoms with Crippen molar-refractivity contribution in [3.05, 3.63) is 35.9 Å². The molecular weight excluding hydrogens is 302 g/mol. The highest BCUT2D eigenvalue weighted by molar-refractivity contribution is 7.96. The Morgan fingerprint density at radius 2 is 1.57 bits per heavy atom. The molecule has 2 bridgehead atoms. The summed E-state index contributed by atoms with van der Waals surface area (Å²) >= 11 is 0. The van der Waals surface area contributed by atoms with E-state index in [4.69, 9.17) is 13.3 Å². The minimum atomic E-state index is -2.46. The van der Waals surface area contributed by atoms with Gasteiger partial charge in [0.25, 0.3) is 0 Å². The van der Waals surface area contributed by atoms with E-state index in [2.05, 4.69) is 41.5 Å². The van der Waals surface area contributed by atoms with Gasteiger partial charge in [0.1, 0.15) is 5.75 Å². The molecule has 0 aliphatic carbocycles. The molecule has 21 heavy (non-hydrogen) atoms. The molecule has 0 radical (unpaired) electrons. The second-order valence-electron chi connectivity index (χ2n) is 5.63. The van der Waals surface area contributed by atoms with Gasteiger partial charge in [0.2, 0.25) is 0 Å². The smallest absolute Gasteiger partial charge is 0.369 e. The van der Waals surface area contributed by atoms with Gasteiger partial charge in [-0.15, -0.1) is 0 Å². The zero-order chi connectivity index (χ0) is 14.5. The zero-order valence-corrected chi connectivity index (χ0v) is 14.4. The molecule has 1 aromatic carbocycles. The summed E-state index contributed by atoms with van der Waals surface area (Å²) in [6.07, 6.45) is 2.30. The molecule has 0 saturated carbocycles. The maximum atomic E-state index is 6.11. The van der Waals surface area contributed by atoms with Gasteiger partial charge in [-0.1, -0.05) is 30.3 Å². The molecule has 4 rings (SSSR count). The Labute approximate surface area is 131 Å². The third-order valence-electron chi connectivity index (χ3n) is 3.87. The topological polar surface area (TPSA) is 30.9 Å². The summed E-state index contributed by atoms with van der Waals surface area (Å²) in [6.45, 7) is 5.27. The molecule has 1 atom stereocenters. The highest BCUT2D eigenvalue weighted by Gasteiger charge is 2.49. The summed E-state index contributed by atoms with van der Waals surface area (Å²) < 4.78 is 18.3. The van der Waals surface area contributed by atoms with Crippen molar-refractivity contribution in [2.24, 2.45) is 0 Å². The molecule has 116 valence electrons. The van der Waals surface area contributed by atoms with Crippen molar-refractivity contribution >= 4 is 19.7 Å². The summed E-state index contributed by atoms with van der Waals surface area (Å²) in [4.78, 5) is 2.35. The minimum absolute atomic E-state index is 0.218. The van der Waals surface area contributed by atoms with Crippen LogP contribution in [0.3, 0.4) is 0 Å². The fourth-order valence-corrected chi connectivity index (χ4v) is 8.83. The van der Waals surface area contributed by atoms with Gasteiger partial charge in [0, 0.05) is 25.2 Å². The van der Waals surface area contributed by atoms with Crippen LogP contribution >= 0.6 is 0 Å². The molecule has 3 aliphatic rings. The van der Waals surface area contributed by atoms with E-state index in [1.165, 1.54) is 5.56 Å². The lowest BCUT2D eigenvalue weighted by molar-refractivity contribution is -0.00453. The summed E-state index contributed by atoms with van der Waals surface area (Å²) in [5.41, 5.74) is 1.39. The lowest BCUT2D eigenvalue weighted by atomic mass is 10.2. The van der Waals surface area contributed by atoms with E-state index in [1.54, 1.807) is 0 Å². The number of nitrogens with zero attached hydrogens (tertiary/aromatic N) is 1. The second-order valence-corrected chi connectivity index (χ2v) is 10.9. The monoisotopic (exact) mass is 326 g/mol. The standard InChI is InChI=1S/C15H24NO3SSi/c1-20(13-15-5-3-2-4-6-15)14-21-17-10-7-16(8-11-18-21)9-12-19-21/h2-6H,7-14H2,1H3/q+1. The van der Waals surface area contributed by atoms with Gasteiger partial charge >= 0.3 is 8.80 Å². The summed E-state index contributed by atoms with van der Waals surface area (Å²) in [7, 11) is -2.24. The van der Waals surface area contributed by atoms with E-state index < -0.39 is 8.80 Å². The molecule has 6 heteroatoms. The Morgan fingerprint density at radius 1 is 1.00 bits per heavy atom. The molecule has 3 saturated heterocycles. The number of hydrogen-bond donors (Lipinski definition) is 0. The number of benzene rings is 1. The van der Waals surface area contributed by atoms with Crippen LogP contribution in [0.5, 0.6) is 0 Å². The van der Waals surface area contributed by atoms with Crippen LogP contribution in [0.15, 0.2) is 30.3 Å². The fraction of sp³-hybridized carbons (Fsp3) is 0.600. The van der Waals surface area contributed by atoms with E-state index in [9.17, 15) is 0 Å². The average molecular weight is 327 g/mol. The summed E-state index contributed by atoms with van der Waals surface area (Å²) in [5.74, 6) is 1.08. The molecule has 0 spiro atoms. The van der Waals surface area contributed by atoms with Crippen molar-refractivity contribution in [2.45, 2.75) is 5.75 Å². The first-order chi connectivity index (χ1) is 10.3.